The number of ether oxygens (including phenoxy) is 1. The fourth-order valence-corrected chi connectivity index (χ4v) is 2.35. The predicted octanol–water partition coefficient (Wildman–Crippen LogP) is 4.94. The van der Waals surface area contributed by atoms with Gasteiger partial charge in [-0.05, 0) is 25.1 Å². The number of aromatic amines is 2. The minimum atomic E-state index is -0.721. The van der Waals surface area contributed by atoms with Gasteiger partial charge in [-0.15, -0.1) is 0 Å². The maximum Gasteiger partial charge on any atom is 0.314 e. The molecule has 0 saturated heterocycles. The third-order valence-corrected chi connectivity index (χ3v) is 3.45. The Balaban J connectivity index is 0.000000989. The number of aromatic nitrogens is 3. The number of nitrogens with zero attached hydrogens (tertiary/aromatic N) is 2. The van der Waals surface area contributed by atoms with Crippen molar-refractivity contribution in [2.75, 3.05) is 4.90 Å². The van der Waals surface area contributed by atoms with E-state index in [1.165, 1.54) is 0 Å². The van der Waals surface area contributed by atoms with Crippen LogP contribution in [-0.4, -0.2) is 15.0 Å². The highest BCUT2D eigenvalue weighted by molar-refractivity contribution is 5.83. The van der Waals surface area contributed by atoms with Crippen LogP contribution in [0.25, 0.3) is 11.0 Å². The standard InChI is InChI=1S/C18H16N4O3.2C2H6/c1-3-8-22(4-2)15-9-13-14(21-18(24)17(23)20-13)10-16(15)25-12-6-5-7-19-11-12;2*1-2/h3-11H,2H2,1H3,(H,20,23)(H,21,24);2*1-2H3/b8-3-;;. The Bertz CT molecular complexity index is 1050. The molecule has 0 radical (unpaired) electrons. The van der Waals surface area contributed by atoms with Crippen molar-refractivity contribution < 1.29 is 4.74 Å². The van der Waals surface area contributed by atoms with Crippen LogP contribution in [0.1, 0.15) is 34.6 Å². The van der Waals surface area contributed by atoms with Crippen molar-refractivity contribution in [3.63, 3.8) is 0 Å². The van der Waals surface area contributed by atoms with E-state index < -0.39 is 11.1 Å². The zero-order valence-corrected chi connectivity index (χ0v) is 17.5. The van der Waals surface area contributed by atoms with Crippen LogP contribution >= 0.6 is 0 Å². The van der Waals surface area contributed by atoms with Gasteiger partial charge in [0.1, 0.15) is 5.75 Å². The highest BCUT2D eigenvalue weighted by Gasteiger charge is 2.13. The maximum absolute atomic E-state index is 11.6. The number of hydrogen-bond donors (Lipinski definition) is 2. The summed E-state index contributed by atoms with van der Waals surface area (Å²) in [5, 5.41) is 0. The zero-order chi connectivity index (χ0) is 21.8. The number of pyridine rings is 1. The van der Waals surface area contributed by atoms with E-state index in [0.717, 1.165) is 0 Å². The highest BCUT2D eigenvalue weighted by Crippen LogP contribution is 2.35. The third-order valence-electron chi connectivity index (χ3n) is 3.45. The Morgan fingerprint density at radius 1 is 1.07 bits per heavy atom. The fourth-order valence-electron chi connectivity index (χ4n) is 2.35. The van der Waals surface area contributed by atoms with E-state index in [4.69, 9.17) is 4.74 Å². The summed E-state index contributed by atoms with van der Waals surface area (Å²) in [4.78, 5) is 34.1. The van der Waals surface area contributed by atoms with E-state index in [1.54, 1.807) is 54.0 Å². The van der Waals surface area contributed by atoms with Crippen LogP contribution in [0, 0.1) is 0 Å². The number of fused-ring (bicyclic) bond motifs is 1. The van der Waals surface area contributed by atoms with Gasteiger partial charge in [0.25, 0.3) is 0 Å². The first-order valence-electron chi connectivity index (χ1n) is 9.54. The van der Waals surface area contributed by atoms with Crippen molar-refractivity contribution in [1.82, 2.24) is 15.0 Å². The third kappa shape index (κ3) is 5.93. The van der Waals surface area contributed by atoms with Gasteiger partial charge >= 0.3 is 11.1 Å². The molecule has 0 amide bonds. The number of H-pyrrole nitrogens is 2. The van der Waals surface area contributed by atoms with Crippen LogP contribution in [0.5, 0.6) is 11.5 Å². The molecular weight excluding hydrogens is 368 g/mol. The summed E-state index contributed by atoms with van der Waals surface area (Å²) in [6.45, 7) is 13.7. The Labute approximate surface area is 170 Å². The van der Waals surface area contributed by atoms with Crippen molar-refractivity contribution in [3.05, 3.63) is 82.4 Å². The van der Waals surface area contributed by atoms with Crippen molar-refractivity contribution in [2.24, 2.45) is 0 Å². The molecule has 3 rings (SSSR count). The van der Waals surface area contributed by atoms with E-state index >= 15 is 0 Å². The molecule has 0 aliphatic carbocycles. The van der Waals surface area contributed by atoms with Crippen LogP contribution in [0.15, 0.2) is 71.3 Å². The SMILES string of the molecule is C=CN(/C=C\C)c1cc2[nH]c(=O)c(=O)[nH]c2cc1Oc1cccnc1.CC.CC. The molecule has 0 aliphatic heterocycles. The topological polar surface area (TPSA) is 91.1 Å². The molecule has 0 aliphatic rings. The van der Waals surface area contributed by atoms with Gasteiger partial charge in [0.05, 0.1) is 22.9 Å². The predicted molar refractivity (Wildman–Crippen MR) is 120 cm³/mol. The van der Waals surface area contributed by atoms with Crippen molar-refractivity contribution in [2.45, 2.75) is 34.6 Å². The van der Waals surface area contributed by atoms with Gasteiger partial charge < -0.3 is 19.6 Å². The fraction of sp³-hybridized carbons (Fsp3) is 0.227. The molecule has 2 aromatic heterocycles. The van der Waals surface area contributed by atoms with Crippen LogP contribution in [-0.2, 0) is 0 Å². The van der Waals surface area contributed by atoms with Crippen LogP contribution in [0.3, 0.4) is 0 Å². The number of anilines is 1. The molecule has 0 fully saturated rings. The number of allylic oxidation sites excluding steroid dienone is 1. The van der Waals surface area contributed by atoms with Gasteiger partial charge in [0, 0.05) is 24.7 Å². The largest absolute Gasteiger partial charge is 0.453 e. The number of benzene rings is 1. The Morgan fingerprint density at radius 2 is 1.69 bits per heavy atom. The van der Waals surface area contributed by atoms with E-state index in [-0.39, 0.29) is 0 Å². The summed E-state index contributed by atoms with van der Waals surface area (Å²) in [5.41, 5.74) is 0.149. The summed E-state index contributed by atoms with van der Waals surface area (Å²) < 4.78 is 5.92. The number of hydrogen-bond acceptors (Lipinski definition) is 5. The molecule has 154 valence electrons. The summed E-state index contributed by atoms with van der Waals surface area (Å²) in [6.07, 6.45) is 8.48. The van der Waals surface area contributed by atoms with E-state index in [9.17, 15) is 9.59 Å². The zero-order valence-electron chi connectivity index (χ0n) is 17.5. The first kappa shape index (κ1) is 23.4. The maximum atomic E-state index is 11.6. The molecule has 29 heavy (non-hydrogen) atoms. The lowest BCUT2D eigenvalue weighted by Gasteiger charge is -2.20. The number of rotatable bonds is 5. The summed E-state index contributed by atoms with van der Waals surface area (Å²) in [5.74, 6) is 1.01. The molecule has 0 spiro atoms. The van der Waals surface area contributed by atoms with Gasteiger partial charge in [0.2, 0.25) is 0 Å². The van der Waals surface area contributed by atoms with Gasteiger partial charge in [0.15, 0.2) is 5.75 Å². The average molecular weight is 396 g/mol. The molecule has 2 N–H and O–H groups in total. The second-order valence-corrected chi connectivity index (χ2v) is 5.14. The second-order valence-electron chi connectivity index (χ2n) is 5.14. The molecule has 1 aromatic carbocycles. The van der Waals surface area contributed by atoms with Crippen molar-refractivity contribution >= 4 is 16.7 Å². The number of nitrogens with one attached hydrogen (secondary N) is 2. The van der Waals surface area contributed by atoms with E-state index in [0.29, 0.717) is 28.2 Å². The van der Waals surface area contributed by atoms with Crippen molar-refractivity contribution in [3.8, 4) is 11.5 Å². The lowest BCUT2D eigenvalue weighted by Crippen LogP contribution is -2.29. The van der Waals surface area contributed by atoms with E-state index in [1.807, 2.05) is 40.7 Å². The van der Waals surface area contributed by atoms with Gasteiger partial charge in [-0.25, -0.2) is 0 Å². The van der Waals surface area contributed by atoms with Gasteiger partial charge in [-0.3, -0.25) is 14.6 Å². The monoisotopic (exact) mass is 396 g/mol. The lowest BCUT2D eigenvalue weighted by atomic mass is 10.2. The lowest BCUT2D eigenvalue weighted by molar-refractivity contribution is 0.482. The highest BCUT2D eigenvalue weighted by atomic mass is 16.5. The summed E-state index contributed by atoms with van der Waals surface area (Å²) in [6, 6.07) is 6.88. The summed E-state index contributed by atoms with van der Waals surface area (Å²) >= 11 is 0. The van der Waals surface area contributed by atoms with Gasteiger partial charge in [-0.2, -0.15) is 0 Å². The molecule has 7 nitrogen and oxygen atoms in total. The molecule has 3 aromatic rings. The Morgan fingerprint density at radius 3 is 2.21 bits per heavy atom. The molecular formula is C22H28N4O3. The molecule has 2 heterocycles. The van der Waals surface area contributed by atoms with Crippen molar-refractivity contribution in [1.29, 1.82) is 0 Å². The Hall–Kier alpha value is -3.61. The normalized spacial score (nSPS) is 9.83. The molecule has 0 atom stereocenters. The van der Waals surface area contributed by atoms with Gasteiger partial charge in [-0.1, -0.05) is 40.3 Å². The van der Waals surface area contributed by atoms with Crippen LogP contribution in [0.2, 0.25) is 0 Å². The smallest absolute Gasteiger partial charge is 0.314 e. The van der Waals surface area contributed by atoms with E-state index in [2.05, 4.69) is 21.5 Å². The summed E-state index contributed by atoms with van der Waals surface area (Å²) in [7, 11) is 0. The molecule has 0 unspecified atom stereocenters. The Kier molecular flexibility index (Phi) is 9.67. The minimum Gasteiger partial charge on any atom is -0.453 e. The molecule has 0 bridgehead atoms. The molecule has 7 heteroatoms. The second kappa shape index (κ2) is 12.0. The average Bonchev–Trinajstić information content (AvgIpc) is 2.76. The first-order valence-corrected chi connectivity index (χ1v) is 9.54. The van der Waals surface area contributed by atoms with Crippen LogP contribution < -0.4 is 20.8 Å². The quantitative estimate of drug-likeness (QED) is 0.596. The molecule has 0 saturated carbocycles. The minimum absolute atomic E-state index is 0.455. The first-order chi connectivity index (χ1) is 14.1. The van der Waals surface area contributed by atoms with Crippen LogP contribution in [0.4, 0.5) is 5.69 Å².